The summed E-state index contributed by atoms with van der Waals surface area (Å²) in [4.78, 5) is 49.8. The van der Waals surface area contributed by atoms with Gasteiger partial charge in [0.2, 0.25) is 5.95 Å². The molecule has 0 radical (unpaired) electrons. The van der Waals surface area contributed by atoms with Crippen LogP contribution in [0.15, 0.2) is 129 Å². The van der Waals surface area contributed by atoms with Crippen LogP contribution in [0.4, 0.5) is 5.95 Å². The molecule has 1 amide bonds. The lowest BCUT2D eigenvalue weighted by Crippen LogP contribution is -2.19. The van der Waals surface area contributed by atoms with Crippen LogP contribution in [-0.4, -0.2) is 31.3 Å². The molecule has 0 saturated carbocycles. The molecule has 2 aliphatic rings. The van der Waals surface area contributed by atoms with Gasteiger partial charge >= 0.3 is 0 Å². The van der Waals surface area contributed by atoms with Gasteiger partial charge in [-0.25, -0.2) is 9.55 Å². The molecule has 0 atom stereocenters. The van der Waals surface area contributed by atoms with E-state index in [1.165, 1.54) is 71.0 Å². The van der Waals surface area contributed by atoms with Crippen molar-refractivity contribution in [2.45, 2.75) is 108 Å². The number of imidazole rings is 1. The van der Waals surface area contributed by atoms with Gasteiger partial charge in [-0.05, 0) is 113 Å². The zero-order valence-corrected chi connectivity index (χ0v) is 33.3. The molecule has 8 heteroatoms. The van der Waals surface area contributed by atoms with Gasteiger partial charge in [-0.3, -0.25) is 24.7 Å². The van der Waals surface area contributed by atoms with Crippen molar-refractivity contribution in [1.29, 1.82) is 0 Å². The molecule has 2 heterocycles. The van der Waals surface area contributed by atoms with Gasteiger partial charge in [-0.2, -0.15) is 4.98 Å². The predicted octanol–water partition coefficient (Wildman–Crippen LogP) is 10.8. The molecule has 2 aliphatic carbocycles. The number of carbonyl (C=O) groups excluding carboxylic acids is 2. The number of aromatic nitrogens is 4. The van der Waals surface area contributed by atoms with Crippen LogP contribution in [0, 0.1) is 10.8 Å². The maximum Gasteiger partial charge on any atom is 0.280 e. The number of carbonyl (C=O) groups is 2. The summed E-state index contributed by atoms with van der Waals surface area (Å²) in [6, 6.07) is 0. The summed E-state index contributed by atoms with van der Waals surface area (Å²) in [5.41, 5.74) is 9.23. The molecule has 0 unspecified atom stereocenters. The standard InChI is InChI=1S/C45H57N5O3/c1-30(21-23-36-34(5)19-13-25-44(36,7)8)15-11-17-32(3)27-38(51)47-43-48-41-40(42(53)49-43)46-29-50(41)39(52)28-33(4)18-12-16-31(2)22-24-37-35(6)20-14-26-45(37,9)10/h11-12,15-18,21-24,27-29H,13-14,19-20,25-26H2,1-10H3,(H2,47,48,49,51,53)/b17-11+,18-12+,23-21+,24-22+,30-15+,31-16+,32-27+,33-28+. The Balaban J connectivity index is 1.40. The Kier molecular flexibility index (Phi) is 13.5. The zero-order chi connectivity index (χ0) is 38.9. The van der Waals surface area contributed by atoms with Gasteiger partial charge in [0.05, 0.1) is 0 Å². The van der Waals surface area contributed by atoms with Crippen molar-refractivity contribution in [2.24, 2.45) is 10.8 Å². The lowest BCUT2D eigenvalue weighted by atomic mass is 9.72. The summed E-state index contributed by atoms with van der Waals surface area (Å²) >= 11 is 0. The Hall–Kier alpha value is -5.11. The van der Waals surface area contributed by atoms with E-state index in [0.717, 1.165) is 24.0 Å². The smallest absolute Gasteiger partial charge is 0.280 e. The molecular weight excluding hydrogens is 659 g/mol. The van der Waals surface area contributed by atoms with Crippen molar-refractivity contribution in [2.75, 3.05) is 5.32 Å². The minimum Gasteiger partial charge on any atom is -0.292 e. The molecule has 0 aliphatic heterocycles. The van der Waals surface area contributed by atoms with Crippen molar-refractivity contribution in [3.8, 4) is 0 Å². The average Bonchev–Trinajstić information content (AvgIpc) is 3.48. The predicted molar refractivity (Wildman–Crippen MR) is 220 cm³/mol. The number of hydrogen-bond acceptors (Lipinski definition) is 5. The van der Waals surface area contributed by atoms with E-state index < -0.39 is 17.4 Å². The molecule has 53 heavy (non-hydrogen) atoms. The normalized spacial score (nSPS) is 19.2. The van der Waals surface area contributed by atoms with Gasteiger partial charge < -0.3 is 0 Å². The monoisotopic (exact) mass is 715 g/mol. The molecule has 0 bridgehead atoms. The quantitative estimate of drug-likeness (QED) is 0.178. The Morgan fingerprint density at radius 1 is 0.774 bits per heavy atom. The van der Waals surface area contributed by atoms with E-state index in [1.807, 2.05) is 50.3 Å². The number of hydrogen-bond donors (Lipinski definition) is 2. The lowest BCUT2D eigenvalue weighted by molar-refractivity contribution is -0.112. The Morgan fingerprint density at radius 3 is 1.79 bits per heavy atom. The molecule has 0 saturated heterocycles. The second-order valence-corrected chi connectivity index (χ2v) is 15.9. The van der Waals surface area contributed by atoms with Crippen molar-refractivity contribution >= 4 is 28.9 Å². The zero-order valence-electron chi connectivity index (χ0n) is 33.3. The summed E-state index contributed by atoms with van der Waals surface area (Å²) in [6.07, 6.45) is 31.6. The molecule has 4 rings (SSSR count). The Morgan fingerprint density at radius 2 is 1.28 bits per heavy atom. The fraction of sp³-hybridized carbons (Fsp3) is 0.400. The van der Waals surface area contributed by atoms with Crippen LogP contribution in [0.25, 0.3) is 11.2 Å². The topological polar surface area (TPSA) is 110 Å². The molecule has 280 valence electrons. The summed E-state index contributed by atoms with van der Waals surface area (Å²) in [5, 5.41) is 2.61. The minimum absolute atomic E-state index is 0.000789. The molecular formula is C45H57N5O3. The van der Waals surface area contributed by atoms with Crippen LogP contribution in [0.3, 0.4) is 0 Å². The summed E-state index contributed by atoms with van der Waals surface area (Å²) in [6.45, 7) is 21.4. The number of rotatable bonds is 11. The van der Waals surface area contributed by atoms with E-state index in [4.69, 9.17) is 0 Å². The average molecular weight is 716 g/mol. The van der Waals surface area contributed by atoms with Crippen LogP contribution in [0.2, 0.25) is 0 Å². The number of fused-ring (bicyclic) bond motifs is 1. The van der Waals surface area contributed by atoms with Crippen LogP contribution < -0.4 is 10.9 Å². The number of H-pyrrole nitrogens is 1. The SMILES string of the molecule is CC1=C(/C=C/C(C)=C/C=C/C(C)=C/C(=O)Nc2nc3c(ncn3C(=O)/C=C(C)/C=C/C=C(C)/C=C/C3=C(C)CCCC3(C)C)c(=O)[nH]2)C(C)(C)CCC1. The Bertz CT molecular complexity index is 2110. The largest absolute Gasteiger partial charge is 0.292 e. The number of allylic oxidation sites excluding steroid dienone is 19. The number of nitrogens with zero attached hydrogens (tertiary/aromatic N) is 3. The van der Waals surface area contributed by atoms with E-state index in [9.17, 15) is 14.4 Å². The highest BCUT2D eigenvalue weighted by Gasteiger charge is 2.27. The maximum absolute atomic E-state index is 13.2. The second kappa shape index (κ2) is 17.6. The number of anilines is 1. The van der Waals surface area contributed by atoms with E-state index in [-0.39, 0.29) is 27.9 Å². The number of aromatic amines is 1. The third-order valence-corrected chi connectivity index (χ3v) is 10.1. The maximum atomic E-state index is 13.2. The number of amides is 1. The van der Waals surface area contributed by atoms with Crippen molar-refractivity contribution in [3.05, 3.63) is 134 Å². The first kappa shape index (κ1) is 40.7. The van der Waals surface area contributed by atoms with Crippen LogP contribution in [-0.2, 0) is 4.79 Å². The molecule has 2 aromatic heterocycles. The Labute approximate surface area is 315 Å². The molecule has 8 nitrogen and oxygen atoms in total. The van der Waals surface area contributed by atoms with E-state index >= 15 is 0 Å². The molecule has 2 N–H and O–H groups in total. The number of nitrogens with one attached hydrogen (secondary N) is 2. The molecule has 2 aromatic rings. The van der Waals surface area contributed by atoms with Gasteiger partial charge in [-0.1, -0.05) is 111 Å². The van der Waals surface area contributed by atoms with Gasteiger partial charge in [0, 0.05) is 12.2 Å². The third-order valence-electron chi connectivity index (χ3n) is 10.1. The minimum atomic E-state index is -0.564. The fourth-order valence-electron chi connectivity index (χ4n) is 7.11. The van der Waals surface area contributed by atoms with Crippen molar-refractivity contribution < 1.29 is 9.59 Å². The first-order valence-electron chi connectivity index (χ1n) is 18.6. The van der Waals surface area contributed by atoms with Gasteiger partial charge in [0.15, 0.2) is 11.2 Å². The van der Waals surface area contributed by atoms with E-state index in [1.54, 1.807) is 0 Å². The van der Waals surface area contributed by atoms with Crippen molar-refractivity contribution in [1.82, 2.24) is 19.5 Å². The highest BCUT2D eigenvalue weighted by atomic mass is 16.2. The second-order valence-electron chi connectivity index (χ2n) is 15.9. The van der Waals surface area contributed by atoms with E-state index in [2.05, 4.69) is 100.0 Å². The lowest BCUT2D eigenvalue weighted by Gasteiger charge is -2.33. The van der Waals surface area contributed by atoms with Crippen LogP contribution in [0.1, 0.15) is 113 Å². The van der Waals surface area contributed by atoms with Gasteiger partial charge in [0.1, 0.15) is 6.33 Å². The van der Waals surface area contributed by atoms with Crippen LogP contribution in [0.5, 0.6) is 0 Å². The van der Waals surface area contributed by atoms with Gasteiger partial charge in [-0.15, -0.1) is 0 Å². The molecule has 0 spiro atoms. The molecule has 0 fully saturated rings. The summed E-state index contributed by atoms with van der Waals surface area (Å²) in [5.74, 6) is -0.966. The first-order valence-corrected chi connectivity index (χ1v) is 18.6. The highest BCUT2D eigenvalue weighted by Crippen LogP contribution is 2.41. The summed E-state index contributed by atoms with van der Waals surface area (Å²) < 4.78 is 1.20. The van der Waals surface area contributed by atoms with Crippen LogP contribution >= 0.6 is 0 Å². The van der Waals surface area contributed by atoms with Gasteiger partial charge in [0.25, 0.3) is 17.4 Å². The fourth-order valence-corrected chi connectivity index (χ4v) is 7.11. The first-order chi connectivity index (χ1) is 25.0. The van der Waals surface area contributed by atoms with E-state index in [0.29, 0.717) is 11.1 Å². The highest BCUT2D eigenvalue weighted by molar-refractivity contribution is 6.00. The third kappa shape index (κ3) is 11.2. The van der Waals surface area contributed by atoms with Crippen molar-refractivity contribution in [3.63, 3.8) is 0 Å². The summed E-state index contributed by atoms with van der Waals surface area (Å²) in [7, 11) is 0. The molecule has 0 aromatic carbocycles.